The highest BCUT2D eigenvalue weighted by Gasteiger charge is 2.02. The van der Waals surface area contributed by atoms with E-state index < -0.39 is 0 Å². The van der Waals surface area contributed by atoms with Crippen molar-refractivity contribution in [2.75, 3.05) is 0 Å². The fraction of sp³-hybridized carbons (Fsp3) is 0.583. The van der Waals surface area contributed by atoms with Crippen LogP contribution in [-0.2, 0) is 13.5 Å². The summed E-state index contributed by atoms with van der Waals surface area (Å²) in [5.41, 5.74) is 2.04. The molecule has 0 radical (unpaired) electrons. The van der Waals surface area contributed by atoms with E-state index in [-0.39, 0.29) is 0 Å². The van der Waals surface area contributed by atoms with Gasteiger partial charge in [0.1, 0.15) is 0 Å². The summed E-state index contributed by atoms with van der Waals surface area (Å²) >= 11 is 0. The summed E-state index contributed by atoms with van der Waals surface area (Å²) in [6, 6.07) is 3.94. The lowest BCUT2D eigenvalue weighted by molar-refractivity contribution is 0.111. The first-order chi connectivity index (χ1) is 6.79. The molecule has 1 rings (SSSR count). The van der Waals surface area contributed by atoms with E-state index in [1.54, 1.807) is 0 Å². The number of hydrogen-bond donors (Lipinski definition) is 0. The quantitative estimate of drug-likeness (QED) is 0.503. The van der Waals surface area contributed by atoms with Crippen LogP contribution >= 0.6 is 0 Å². The molecule has 1 aromatic rings. The first-order valence-corrected chi connectivity index (χ1v) is 5.39. The second kappa shape index (κ2) is 5.63. The summed E-state index contributed by atoms with van der Waals surface area (Å²) < 4.78 is 1.99. The van der Waals surface area contributed by atoms with E-state index >= 15 is 0 Å². The highest BCUT2D eigenvalue weighted by molar-refractivity contribution is 5.72. The second-order valence-electron chi connectivity index (χ2n) is 3.74. The third kappa shape index (κ3) is 2.72. The number of aromatic nitrogens is 1. The highest BCUT2D eigenvalue weighted by Crippen LogP contribution is 2.10. The summed E-state index contributed by atoms with van der Waals surface area (Å²) in [6.07, 6.45) is 7.10. The molecule has 2 nitrogen and oxygen atoms in total. The lowest BCUT2D eigenvalue weighted by Gasteiger charge is -2.03. The Bertz CT molecular complexity index is 289. The Morgan fingerprint density at radius 1 is 1.29 bits per heavy atom. The minimum Gasteiger partial charge on any atom is -0.346 e. The highest BCUT2D eigenvalue weighted by atomic mass is 16.1. The van der Waals surface area contributed by atoms with Crippen LogP contribution in [-0.4, -0.2) is 10.9 Å². The number of carbonyl (C=O) groups excluding carboxylic acids is 1. The van der Waals surface area contributed by atoms with Crippen LogP contribution in [0.25, 0.3) is 0 Å². The van der Waals surface area contributed by atoms with E-state index in [2.05, 4.69) is 13.0 Å². The van der Waals surface area contributed by atoms with Gasteiger partial charge < -0.3 is 4.57 Å². The second-order valence-corrected chi connectivity index (χ2v) is 3.74. The van der Waals surface area contributed by atoms with Gasteiger partial charge in [-0.15, -0.1) is 0 Å². The van der Waals surface area contributed by atoms with Crippen molar-refractivity contribution in [1.82, 2.24) is 4.57 Å². The lowest BCUT2D eigenvalue weighted by Crippen LogP contribution is -2.00. The summed E-state index contributed by atoms with van der Waals surface area (Å²) in [7, 11) is 1.96. The van der Waals surface area contributed by atoms with Crippen molar-refractivity contribution in [3.05, 3.63) is 23.5 Å². The third-order valence-corrected chi connectivity index (χ3v) is 2.67. The van der Waals surface area contributed by atoms with E-state index in [9.17, 15) is 4.79 Å². The van der Waals surface area contributed by atoms with Crippen LogP contribution in [0.5, 0.6) is 0 Å². The van der Waals surface area contributed by atoms with Gasteiger partial charge in [0.05, 0.1) is 5.69 Å². The standard InChI is InChI=1S/C12H19NO/c1-3-4-5-6-7-11-8-9-12(10-14)13(11)2/h8-10H,3-7H2,1-2H3. The van der Waals surface area contributed by atoms with Crippen molar-refractivity contribution in [1.29, 1.82) is 0 Å². The Balaban J connectivity index is 2.42. The van der Waals surface area contributed by atoms with Crippen LogP contribution in [0, 0.1) is 0 Å². The molecule has 78 valence electrons. The van der Waals surface area contributed by atoms with Gasteiger partial charge in [0, 0.05) is 12.7 Å². The van der Waals surface area contributed by atoms with Crippen molar-refractivity contribution in [3.63, 3.8) is 0 Å². The normalized spacial score (nSPS) is 10.4. The number of carbonyl (C=O) groups is 1. The number of nitrogens with zero attached hydrogens (tertiary/aromatic N) is 1. The van der Waals surface area contributed by atoms with Gasteiger partial charge in [-0.05, 0) is 25.0 Å². The van der Waals surface area contributed by atoms with Gasteiger partial charge in [0.2, 0.25) is 0 Å². The van der Waals surface area contributed by atoms with Crippen LogP contribution in [0.4, 0.5) is 0 Å². The summed E-state index contributed by atoms with van der Waals surface area (Å²) in [6.45, 7) is 2.22. The number of aldehydes is 1. The molecular weight excluding hydrogens is 174 g/mol. The molecule has 1 aromatic heterocycles. The molecule has 0 aliphatic heterocycles. The number of hydrogen-bond acceptors (Lipinski definition) is 1. The molecule has 0 saturated carbocycles. The Labute approximate surface area is 85.9 Å². The molecule has 0 fully saturated rings. The summed E-state index contributed by atoms with van der Waals surface area (Å²) in [5, 5.41) is 0. The Morgan fingerprint density at radius 3 is 2.64 bits per heavy atom. The molecule has 0 aliphatic rings. The molecule has 2 heteroatoms. The van der Waals surface area contributed by atoms with Crippen LogP contribution in [0.1, 0.15) is 48.8 Å². The fourth-order valence-electron chi connectivity index (χ4n) is 1.67. The maximum atomic E-state index is 10.6. The average molecular weight is 193 g/mol. The van der Waals surface area contributed by atoms with E-state index in [0.717, 1.165) is 18.4 Å². The van der Waals surface area contributed by atoms with Crippen LogP contribution < -0.4 is 0 Å². The molecule has 0 saturated heterocycles. The molecule has 0 unspecified atom stereocenters. The number of rotatable bonds is 6. The average Bonchev–Trinajstić information content (AvgIpc) is 2.55. The molecule has 0 bridgehead atoms. The number of aryl methyl sites for hydroxylation is 1. The van der Waals surface area contributed by atoms with Crippen molar-refractivity contribution < 1.29 is 4.79 Å². The Morgan fingerprint density at radius 2 is 2.07 bits per heavy atom. The Kier molecular flexibility index (Phi) is 4.44. The topological polar surface area (TPSA) is 22.0 Å². The van der Waals surface area contributed by atoms with Gasteiger partial charge in [-0.2, -0.15) is 0 Å². The molecule has 0 N–H and O–H groups in total. The maximum Gasteiger partial charge on any atom is 0.166 e. The molecule has 0 amide bonds. The largest absolute Gasteiger partial charge is 0.346 e. The SMILES string of the molecule is CCCCCCc1ccc(C=O)n1C. The van der Waals surface area contributed by atoms with Gasteiger partial charge in [0.15, 0.2) is 6.29 Å². The zero-order chi connectivity index (χ0) is 10.4. The monoisotopic (exact) mass is 193 g/mol. The molecule has 1 heterocycles. The first kappa shape index (κ1) is 11.0. The van der Waals surface area contributed by atoms with E-state index in [0.29, 0.717) is 0 Å². The van der Waals surface area contributed by atoms with Crippen LogP contribution in [0.3, 0.4) is 0 Å². The zero-order valence-electron chi connectivity index (χ0n) is 9.12. The summed E-state index contributed by atoms with van der Waals surface area (Å²) in [5.74, 6) is 0. The van der Waals surface area contributed by atoms with Gasteiger partial charge in [-0.3, -0.25) is 4.79 Å². The first-order valence-electron chi connectivity index (χ1n) is 5.39. The number of unbranched alkanes of at least 4 members (excludes halogenated alkanes) is 3. The molecule has 14 heavy (non-hydrogen) atoms. The predicted molar refractivity (Wildman–Crippen MR) is 58.6 cm³/mol. The van der Waals surface area contributed by atoms with E-state index in [1.165, 1.54) is 31.4 Å². The third-order valence-electron chi connectivity index (χ3n) is 2.67. The van der Waals surface area contributed by atoms with Gasteiger partial charge in [-0.1, -0.05) is 26.2 Å². The van der Waals surface area contributed by atoms with Crippen LogP contribution in [0.2, 0.25) is 0 Å². The predicted octanol–water partition coefficient (Wildman–Crippen LogP) is 2.96. The Hall–Kier alpha value is -1.05. The molecule has 0 aliphatic carbocycles. The smallest absolute Gasteiger partial charge is 0.166 e. The maximum absolute atomic E-state index is 10.6. The fourth-order valence-corrected chi connectivity index (χ4v) is 1.67. The minimum absolute atomic E-state index is 0.774. The molecule has 0 spiro atoms. The lowest BCUT2D eigenvalue weighted by atomic mass is 10.1. The van der Waals surface area contributed by atoms with Gasteiger partial charge >= 0.3 is 0 Å². The molecule has 0 atom stereocenters. The van der Waals surface area contributed by atoms with Crippen molar-refractivity contribution >= 4 is 6.29 Å². The van der Waals surface area contributed by atoms with E-state index in [1.807, 2.05) is 17.7 Å². The summed E-state index contributed by atoms with van der Waals surface area (Å²) in [4.78, 5) is 10.6. The molecular formula is C12H19NO. The van der Waals surface area contributed by atoms with Crippen molar-refractivity contribution in [3.8, 4) is 0 Å². The molecule has 0 aromatic carbocycles. The van der Waals surface area contributed by atoms with Crippen molar-refractivity contribution in [2.45, 2.75) is 39.0 Å². The van der Waals surface area contributed by atoms with E-state index in [4.69, 9.17) is 0 Å². The minimum atomic E-state index is 0.774. The van der Waals surface area contributed by atoms with Gasteiger partial charge in [-0.25, -0.2) is 0 Å². The van der Waals surface area contributed by atoms with Crippen LogP contribution in [0.15, 0.2) is 12.1 Å². The van der Waals surface area contributed by atoms with Gasteiger partial charge in [0.25, 0.3) is 0 Å². The van der Waals surface area contributed by atoms with Crippen molar-refractivity contribution in [2.24, 2.45) is 7.05 Å². The zero-order valence-corrected chi connectivity index (χ0v) is 9.12.